The highest BCUT2D eigenvalue weighted by Gasteiger charge is 2.15. The Labute approximate surface area is 717 Å². The van der Waals surface area contributed by atoms with E-state index in [9.17, 15) is 0 Å². The molecule has 0 aliphatic heterocycles. The first-order valence-corrected chi connectivity index (χ1v) is 39.2. The Bertz CT molecular complexity index is 7160. The van der Waals surface area contributed by atoms with Gasteiger partial charge in [0.2, 0.25) is 0 Å². The number of rotatable bonds is 12. The molecule has 0 amide bonds. The first-order chi connectivity index (χ1) is 62.1. The third-order valence-electron chi connectivity index (χ3n) is 19.9. The van der Waals surface area contributed by atoms with Crippen molar-refractivity contribution in [2.45, 2.75) is 68.9 Å². The molecule has 0 saturated carbocycles. The lowest BCUT2D eigenvalue weighted by Crippen LogP contribution is -2.26. The van der Waals surface area contributed by atoms with Crippen molar-refractivity contribution in [3.05, 3.63) is 409 Å². The second kappa shape index (κ2) is 38.5. The normalized spacial score (nSPS) is 12.3. The molecule has 16 rings (SSSR count). The van der Waals surface area contributed by atoms with Crippen LogP contribution < -0.4 is 18.3 Å². The maximum absolute atomic E-state index is 8.06. The van der Waals surface area contributed by atoms with Gasteiger partial charge in [0.05, 0.1) is 0 Å². The van der Waals surface area contributed by atoms with E-state index >= 15 is 0 Å². The van der Waals surface area contributed by atoms with E-state index in [4.69, 9.17) is 16.4 Å². The van der Waals surface area contributed by atoms with Crippen molar-refractivity contribution in [1.82, 2.24) is 0 Å². The topological polar surface area (TPSA) is 15.5 Å². The maximum Gasteiger partial charge on any atom is 0.176 e. The van der Waals surface area contributed by atoms with E-state index < -0.39 is 27.4 Å². The van der Waals surface area contributed by atoms with Gasteiger partial charge >= 0.3 is 0 Å². The molecule has 0 unspecified atom stereocenters. The summed E-state index contributed by atoms with van der Waals surface area (Å²) < 4.78 is 103. The maximum atomic E-state index is 8.06. The molecule has 4 heterocycles. The lowest BCUT2D eigenvalue weighted by Gasteiger charge is -2.12. The number of aryl methyl sites for hydroxylation is 10. The zero-order chi connectivity index (χ0) is 92.6. The van der Waals surface area contributed by atoms with E-state index in [0.29, 0.717) is 22.3 Å². The van der Waals surface area contributed by atoms with Crippen LogP contribution in [-0.2, 0) is 28.2 Å². The fourth-order valence-corrected chi connectivity index (χ4v) is 14.6. The van der Waals surface area contributed by atoms with Crippen LogP contribution in [0.1, 0.15) is 99.8 Å². The fraction of sp³-hybridized carbons (Fsp3) is 0.123. The lowest BCUT2D eigenvalue weighted by atomic mass is 9.92. The van der Waals surface area contributed by atoms with Crippen LogP contribution in [0.2, 0.25) is 0 Å². The summed E-state index contributed by atoms with van der Waals surface area (Å²) in [5.41, 5.74) is 31.1. The Hall–Kier alpha value is -14.5. The van der Waals surface area contributed by atoms with Crippen LogP contribution >= 0.6 is 0 Å². The van der Waals surface area contributed by atoms with E-state index in [1.165, 1.54) is 38.9 Å². The van der Waals surface area contributed by atoms with Gasteiger partial charge in [0.25, 0.3) is 0 Å². The van der Waals surface area contributed by atoms with Crippen molar-refractivity contribution < 1.29 is 34.7 Å². The van der Waals surface area contributed by atoms with Crippen LogP contribution in [0.3, 0.4) is 0 Å². The van der Waals surface area contributed by atoms with Crippen molar-refractivity contribution >= 4 is 0 Å². The van der Waals surface area contributed by atoms with Gasteiger partial charge in [0, 0.05) is 85.2 Å². The van der Waals surface area contributed by atoms with E-state index in [2.05, 4.69) is 236 Å². The standard InChI is InChI=1S/C30H28N.3C28H24N/c1-6-8-24-11-21(2)12-26(17-24)28-14-23(4)16-30(19-28)29-15-22(3)13-27(18-29)25-9-7-10-31(5)20-25;1-4-8-22-15-21(2)16-28(17-22)26-12-6-10-24(19-26)23-9-5-11-25(18-23)27-13-7-14-29(3)20-27;1-4-8-22-9-5-10-23(17-22)27-15-21(2)16-28(19-27)25-12-6-11-24(18-25)26-13-7-14-29(3)20-26;1-4-8-22-9-5-10-23(17-22)24-11-6-12-25(18-24)27-15-21(2)16-28(19-27)26-13-7-14-29(3)20-26/h7,9-20H,1-5H3;3*5-7,9-20H,1-3H3/q4*+1/i2D3,3D3;2D3;;2D3. The molecule has 0 bridgehead atoms. The van der Waals surface area contributed by atoms with Gasteiger partial charge in [-0.25, -0.2) is 18.3 Å². The van der Waals surface area contributed by atoms with Crippen LogP contribution in [0, 0.1) is 88.6 Å². The van der Waals surface area contributed by atoms with Crippen LogP contribution in [-0.4, -0.2) is 0 Å². The molecular formula is C114H100N4+4. The highest BCUT2D eigenvalue weighted by Crippen LogP contribution is 2.37. The summed E-state index contributed by atoms with van der Waals surface area (Å²) in [7, 11) is 7.95. The van der Waals surface area contributed by atoms with E-state index in [1.54, 1.807) is 62.4 Å². The zero-order valence-corrected chi connectivity index (χ0v) is 68.3. The van der Waals surface area contributed by atoms with Gasteiger partial charge in [-0.3, -0.25) is 0 Å². The van der Waals surface area contributed by atoms with E-state index in [0.717, 1.165) is 117 Å². The Morgan fingerprint density at radius 1 is 0.186 bits per heavy atom. The first kappa shape index (κ1) is 66.9. The molecule has 16 aromatic rings. The second-order valence-electron chi connectivity index (χ2n) is 29.4. The molecule has 0 radical (unpaired) electrons. The predicted molar refractivity (Wildman–Crippen MR) is 494 cm³/mol. The molecule has 0 aliphatic carbocycles. The minimum Gasteiger partial charge on any atom is -0.207 e. The van der Waals surface area contributed by atoms with Crippen LogP contribution in [0.5, 0.6) is 0 Å². The average molecular weight is 1540 g/mol. The van der Waals surface area contributed by atoms with Crippen molar-refractivity contribution in [1.29, 1.82) is 0 Å². The summed E-state index contributed by atoms with van der Waals surface area (Å²) in [4.78, 5) is 0. The number of pyridine rings is 4. The van der Waals surface area contributed by atoms with Crippen LogP contribution in [0.4, 0.5) is 0 Å². The Morgan fingerprint density at radius 2 is 0.364 bits per heavy atom. The molecule has 12 aromatic carbocycles. The monoisotopic (exact) mass is 1540 g/mol. The molecule has 0 N–H and O–H groups in total. The molecule has 0 fully saturated rings. The summed E-state index contributed by atoms with van der Waals surface area (Å²) in [5.74, 6) is 23.9. The predicted octanol–water partition coefficient (Wildman–Crippen LogP) is 25.4. The zero-order valence-electron chi connectivity index (χ0n) is 80.3. The third kappa shape index (κ3) is 21.7. The van der Waals surface area contributed by atoms with Gasteiger partial charge in [0.1, 0.15) is 28.2 Å². The largest absolute Gasteiger partial charge is 0.207 e. The fourth-order valence-electron chi connectivity index (χ4n) is 14.6. The molecule has 4 heteroatoms. The third-order valence-corrected chi connectivity index (χ3v) is 19.9. The number of benzene rings is 12. The summed E-state index contributed by atoms with van der Waals surface area (Å²) in [6.07, 6.45) is 16.2. The van der Waals surface area contributed by atoms with Gasteiger partial charge in [0.15, 0.2) is 49.6 Å². The molecule has 4 aromatic heterocycles. The molecule has 572 valence electrons. The molecule has 0 saturated heterocycles. The Kier molecular flexibility index (Phi) is 21.8. The average Bonchev–Trinajstić information content (AvgIpc) is 0.781. The lowest BCUT2D eigenvalue weighted by molar-refractivity contribution is -0.671. The van der Waals surface area contributed by atoms with Gasteiger partial charge in [-0.05, 0) is 335 Å². The second-order valence-corrected chi connectivity index (χ2v) is 29.4. The molecule has 0 spiro atoms. The minimum absolute atomic E-state index is 0.231. The quantitative estimate of drug-likeness (QED) is 0.0856. The number of nitrogens with zero attached hydrogens (tertiary/aromatic N) is 4. The van der Waals surface area contributed by atoms with Gasteiger partial charge in [-0.1, -0.05) is 181 Å². The van der Waals surface area contributed by atoms with E-state index in [-0.39, 0.29) is 11.1 Å². The van der Waals surface area contributed by atoms with Crippen molar-refractivity contribution in [2.75, 3.05) is 0 Å². The number of hydrogen-bond donors (Lipinski definition) is 0. The molecule has 0 aliphatic rings. The Morgan fingerprint density at radius 3 is 0.653 bits per heavy atom. The van der Waals surface area contributed by atoms with Gasteiger partial charge in [-0.15, -0.1) is 23.7 Å². The van der Waals surface area contributed by atoms with Crippen molar-refractivity contribution in [3.63, 3.8) is 0 Å². The Balaban J connectivity index is 0.000000148. The first-order valence-electron chi connectivity index (χ1n) is 45.2. The van der Waals surface area contributed by atoms with Gasteiger partial charge in [-0.2, -0.15) is 0 Å². The number of hydrogen-bond acceptors (Lipinski definition) is 0. The summed E-state index contributed by atoms with van der Waals surface area (Å²) in [6.45, 7) is 2.40. The summed E-state index contributed by atoms with van der Waals surface area (Å²) in [6, 6.07) is 101. The minimum atomic E-state index is -2.27. The van der Waals surface area contributed by atoms with E-state index in [1.807, 2.05) is 190 Å². The number of aromatic nitrogens is 4. The van der Waals surface area contributed by atoms with Crippen molar-refractivity contribution in [3.8, 4) is 181 Å². The molecular weight excluding hydrogens is 1430 g/mol. The van der Waals surface area contributed by atoms with Crippen LogP contribution in [0.15, 0.2) is 353 Å². The molecule has 0 atom stereocenters. The summed E-state index contributed by atoms with van der Waals surface area (Å²) >= 11 is 0. The highest BCUT2D eigenvalue weighted by atomic mass is 14.9. The van der Waals surface area contributed by atoms with Crippen LogP contribution in [0.25, 0.3) is 134 Å². The molecule has 118 heavy (non-hydrogen) atoms. The van der Waals surface area contributed by atoms with Gasteiger partial charge < -0.3 is 0 Å². The SMILES string of the molecule is CC#Cc1cccc(-c2cc(C)cc(-c3cccc(-c4ccc[n+](C)c4)c3)c2)c1.[2H]C([2H])([2H])c1cc(-c2cccc(-c3cccc(C#CC)c3)c2)cc(-c2ccc[n+](C)c2)c1.[2H]C([2H])([2H])c1cc(C#CC)cc(-c2cc(C)cc(-c3cc(-c4ccc[n+](C)c4)cc(C([2H])([2H])[2H])c3)c2)c1.[2H]C([2H])([2H])c1cc(C#CC)cc(-c2cccc(-c3cccc(-c4ccc[n+](C)c4)c3)c2)c1. The van der Waals surface area contributed by atoms with Crippen molar-refractivity contribution in [2.24, 2.45) is 28.2 Å². The smallest absolute Gasteiger partial charge is 0.176 e. The molecule has 4 nitrogen and oxygen atoms in total. The highest BCUT2D eigenvalue weighted by molar-refractivity contribution is 5.83. The summed E-state index contributed by atoms with van der Waals surface area (Å²) in [5, 5.41) is 0.